The van der Waals surface area contributed by atoms with Gasteiger partial charge in [0.15, 0.2) is 0 Å². The summed E-state index contributed by atoms with van der Waals surface area (Å²) in [6, 6.07) is 3.99. The number of aryl methyl sites for hydroxylation is 1. The summed E-state index contributed by atoms with van der Waals surface area (Å²) in [5.41, 5.74) is 0. The van der Waals surface area contributed by atoms with Crippen LogP contribution in [0, 0.1) is 0 Å². The van der Waals surface area contributed by atoms with Crippen molar-refractivity contribution in [2.75, 3.05) is 18.8 Å². The quantitative estimate of drug-likeness (QED) is 0.852. The van der Waals surface area contributed by atoms with Gasteiger partial charge in [0.05, 0.1) is 5.75 Å². The lowest BCUT2D eigenvalue weighted by molar-refractivity contribution is 0.559. The summed E-state index contributed by atoms with van der Waals surface area (Å²) in [4.78, 5) is 1.12. The van der Waals surface area contributed by atoms with Crippen LogP contribution < -0.4 is 10.0 Å². The van der Waals surface area contributed by atoms with E-state index in [1.165, 1.54) is 0 Å². The highest BCUT2D eigenvalue weighted by atomic mass is 35.5. The molecule has 0 radical (unpaired) electrons. The molecule has 2 rings (SSSR count). The predicted octanol–water partition coefficient (Wildman–Crippen LogP) is 0.994. The Hall–Kier alpha value is -0.140. The molecule has 2 N–H and O–H groups in total. The van der Waals surface area contributed by atoms with Crippen molar-refractivity contribution in [3.8, 4) is 0 Å². The van der Waals surface area contributed by atoms with E-state index in [9.17, 15) is 8.42 Å². The summed E-state index contributed by atoms with van der Waals surface area (Å²) in [6.07, 6.45) is 1.49. The molecule has 0 aromatic carbocycles. The van der Waals surface area contributed by atoms with Crippen LogP contribution in [0.1, 0.15) is 11.3 Å². The van der Waals surface area contributed by atoms with Crippen LogP contribution in [-0.4, -0.2) is 33.3 Å². The second kappa shape index (κ2) is 6.70. The zero-order valence-corrected chi connectivity index (χ0v) is 11.8. The maximum absolute atomic E-state index is 11.7. The lowest BCUT2D eigenvalue weighted by Crippen LogP contribution is -2.38. The van der Waals surface area contributed by atoms with Gasteiger partial charge in [0, 0.05) is 17.5 Å². The molecule has 1 unspecified atom stereocenters. The van der Waals surface area contributed by atoms with Crippen molar-refractivity contribution >= 4 is 33.8 Å². The molecule has 0 saturated carbocycles. The lowest BCUT2D eigenvalue weighted by atomic mass is 10.3. The van der Waals surface area contributed by atoms with E-state index in [1.807, 2.05) is 17.5 Å². The Bertz CT molecular complexity index is 414. The van der Waals surface area contributed by atoms with Crippen molar-refractivity contribution in [2.45, 2.75) is 18.9 Å². The molecule has 1 aromatic rings. The normalized spacial score (nSPS) is 20.1. The third-order valence-corrected chi connectivity index (χ3v) is 4.97. The van der Waals surface area contributed by atoms with Gasteiger partial charge in [-0.05, 0) is 30.8 Å². The van der Waals surface area contributed by atoms with E-state index in [4.69, 9.17) is 0 Å². The average Bonchev–Trinajstić information content (AvgIpc) is 2.85. The average molecular weight is 297 g/mol. The monoisotopic (exact) mass is 296 g/mol. The van der Waals surface area contributed by atoms with E-state index < -0.39 is 10.0 Å². The first kappa shape index (κ1) is 14.9. The molecule has 98 valence electrons. The minimum absolute atomic E-state index is 0. The van der Waals surface area contributed by atoms with E-state index in [2.05, 4.69) is 10.0 Å². The molecule has 4 nitrogen and oxygen atoms in total. The van der Waals surface area contributed by atoms with Gasteiger partial charge in [-0.3, -0.25) is 0 Å². The second-order valence-electron chi connectivity index (χ2n) is 3.96. The fraction of sp³-hybridized carbons (Fsp3) is 0.600. The summed E-state index contributed by atoms with van der Waals surface area (Å²) >= 11 is 1.60. The van der Waals surface area contributed by atoms with Gasteiger partial charge in [-0.1, -0.05) is 6.07 Å². The molecule has 17 heavy (non-hydrogen) atoms. The van der Waals surface area contributed by atoms with E-state index >= 15 is 0 Å². The van der Waals surface area contributed by atoms with Crippen molar-refractivity contribution in [1.82, 2.24) is 10.0 Å². The van der Waals surface area contributed by atoms with Crippen molar-refractivity contribution in [3.63, 3.8) is 0 Å². The molecule has 1 aromatic heterocycles. The Morgan fingerprint density at radius 1 is 1.53 bits per heavy atom. The third kappa shape index (κ3) is 4.93. The van der Waals surface area contributed by atoms with Gasteiger partial charge >= 0.3 is 0 Å². The van der Waals surface area contributed by atoms with Crippen LogP contribution in [0.15, 0.2) is 17.5 Å². The molecule has 0 spiro atoms. The summed E-state index contributed by atoms with van der Waals surface area (Å²) in [7, 11) is -3.12. The van der Waals surface area contributed by atoms with Crippen molar-refractivity contribution < 1.29 is 8.42 Å². The molecule has 7 heteroatoms. The van der Waals surface area contributed by atoms with Crippen molar-refractivity contribution in [2.24, 2.45) is 0 Å². The number of thiophene rings is 1. The standard InChI is InChI=1S/C10H16N2O2S2.ClH/c13-16(14,12-9-3-5-11-8-9)7-4-10-2-1-6-15-10;/h1-2,6,9,11-12H,3-5,7-8H2;1H. The predicted molar refractivity (Wildman–Crippen MR) is 73.5 cm³/mol. The molecule has 2 heterocycles. The number of sulfonamides is 1. The van der Waals surface area contributed by atoms with Gasteiger partial charge in [0.2, 0.25) is 10.0 Å². The Morgan fingerprint density at radius 2 is 2.35 bits per heavy atom. The van der Waals surface area contributed by atoms with Gasteiger partial charge in [-0.25, -0.2) is 13.1 Å². The van der Waals surface area contributed by atoms with Crippen LogP contribution in [0.5, 0.6) is 0 Å². The number of hydrogen-bond donors (Lipinski definition) is 2. The second-order valence-corrected chi connectivity index (χ2v) is 6.86. The van der Waals surface area contributed by atoms with Gasteiger partial charge in [0.25, 0.3) is 0 Å². The Labute approximate surface area is 112 Å². The fourth-order valence-electron chi connectivity index (χ4n) is 1.76. The highest BCUT2D eigenvalue weighted by molar-refractivity contribution is 7.89. The molecule has 0 bridgehead atoms. The number of nitrogens with one attached hydrogen (secondary N) is 2. The summed E-state index contributed by atoms with van der Waals surface area (Å²) in [5.74, 6) is 0.185. The first-order valence-corrected chi connectivity index (χ1v) is 7.92. The zero-order valence-electron chi connectivity index (χ0n) is 9.39. The molecule has 0 amide bonds. The SMILES string of the molecule is Cl.O=S(=O)(CCc1cccs1)NC1CCNC1. The summed E-state index contributed by atoms with van der Waals surface area (Å²) < 4.78 is 26.2. The van der Waals surface area contributed by atoms with Crippen LogP contribution in [0.4, 0.5) is 0 Å². The zero-order chi connectivity index (χ0) is 11.4. The molecular weight excluding hydrogens is 280 g/mol. The highest BCUT2D eigenvalue weighted by Gasteiger charge is 2.20. The van der Waals surface area contributed by atoms with E-state index in [0.717, 1.165) is 24.4 Å². The van der Waals surface area contributed by atoms with Crippen LogP contribution in [-0.2, 0) is 16.4 Å². The number of rotatable bonds is 5. The maximum atomic E-state index is 11.7. The van der Waals surface area contributed by atoms with E-state index in [1.54, 1.807) is 11.3 Å². The van der Waals surface area contributed by atoms with Crippen LogP contribution in [0.3, 0.4) is 0 Å². The topological polar surface area (TPSA) is 58.2 Å². The molecule has 1 aliphatic rings. The molecular formula is C10H17ClN2O2S2. The highest BCUT2D eigenvalue weighted by Crippen LogP contribution is 2.10. The Morgan fingerprint density at radius 3 is 2.94 bits per heavy atom. The molecule has 1 aliphatic heterocycles. The van der Waals surface area contributed by atoms with Crippen LogP contribution in [0.25, 0.3) is 0 Å². The smallest absolute Gasteiger partial charge is 0.212 e. The Balaban J connectivity index is 0.00000144. The third-order valence-electron chi connectivity index (χ3n) is 2.60. The minimum atomic E-state index is -3.12. The number of hydrogen-bond acceptors (Lipinski definition) is 4. The maximum Gasteiger partial charge on any atom is 0.212 e. The molecule has 1 fully saturated rings. The summed E-state index contributed by atoms with van der Waals surface area (Å²) in [6.45, 7) is 1.65. The fourth-order valence-corrected chi connectivity index (χ4v) is 3.91. The first-order valence-electron chi connectivity index (χ1n) is 5.39. The molecule has 0 aliphatic carbocycles. The van der Waals surface area contributed by atoms with E-state index in [-0.39, 0.29) is 24.2 Å². The first-order chi connectivity index (χ1) is 7.66. The lowest BCUT2D eigenvalue weighted by Gasteiger charge is -2.11. The largest absolute Gasteiger partial charge is 0.315 e. The van der Waals surface area contributed by atoms with Crippen LogP contribution >= 0.6 is 23.7 Å². The van der Waals surface area contributed by atoms with Crippen molar-refractivity contribution in [3.05, 3.63) is 22.4 Å². The Kier molecular flexibility index (Phi) is 5.88. The van der Waals surface area contributed by atoms with Gasteiger partial charge in [0.1, 0.15) is 0 Å². The molecule has 1 saturated heterocycles. The van der Waals surface area contributed by atoms with Gasteiger partial charge in [-0.2, -0.15) is 0 Å². The number of halogens is 1. The van der Waals surface area contributed by atoms with E-state index in [0.29, 0.717) is 6.42 Å². The van der Waals surface area contributed by atoms with Gasteiger partial charge < -0.3 is 5.32 Å². The molecule has 1 atom stereocenters. The summed E-state index contributed by atoms with van der Waals surface area (Å²) in [5, 5.41) is 5.11. The van der Waals surface area contributed by atoms with Crippen molar-refractivity contribution in [1.29, 1.82) is 0 Å². The van der Waals surface area contributed by atoms with Crippen LogP contribution in [0.2, 0.25) is 0 Å². The minimum Gasteiger partial charge on any atom is -0.315 e. The van der Waals surface area contributed by atoms with Gasteiger partial charge in [-0.15, -0.1) is 23.7 Å².